The third-order valence-electron chi connectivity index (χ3n) is 4.73. The quantitative estimate of drug-likeness (QED) is 0.740. The van der Waals surface area contributed by atoms with Crippen molar-refractivity contribution in [2.75, 3.05) is 26.7 Å². The minimum absolute atomic E-state index is 0.313. The van der Waals surface area contributed by atoms with Gasteiger partial charge in [0.25, 0.3) is 0 Å². The molecule has 0 heterocycles. The van der Waals surface area contributed by atoms with Gasteiger partial charge < -0.3 is 10.4 Å². The maximum absolute atomic E-state index is 9.20. The zero-order valence-corrected chi connectivity index (χ0v) is 11.2. The summed E-state index contributed by atoms with van der Waals surface area (Å²) in [5.41, 5.74) is 0. The molecule has 0 amide bonds. The number of hydrogen-bond donors (Lipinski definition) is 2. The molecular weight excluding hydrogens is 212 g/mol. The van der Waals surface area contributed by atoms with Crippen LogP contribution in [0.1, 0.15) is 44.9 Å². The maximum Gasteiger partial charge on any atom is 0.0558 e. The van der Waals surface area contributed by atoms with Gasteiger partial charge in [-0.3, -0.25) is 4.90 Å². The molecule has 0 spiro atoms. The van der Waals surface area contributed by atoms with E-state index in [2.05, 4.69) is 17.3 Å². The highest BCUT2D eigenvalue weighted by atomic mass is 16.3. The zero-order chi connectivity index (χ0) is 12.1. The standard InChI is InChI=1S/C14H28N2O/c1-15-14-8-3-2-5-12(14)11-16(9-10-17)13-6-4-7-13/h12-15,17H,2-11H2,1H3. The first kappa shape index (κ1) is 13.3. The molecule has 3 heteroatoms. The van der Waals surface area contributed by atoms with Crippen LogP contribution in [0.15, 0.2) is 0 Å². The van der Waals surface area contributed by atoms with E-state index in [9.17, 15) is 5.11 Å². The molecular formula is C14H28N2O. The normalized spacial score (nSPS) is 30.5. The summed E-state index contributed by atoms with van der Waals surface area (Å²) in [6.45, 7) is 2.38. The first-order valence-corrected chi connectivity index (χ1v) is 7.37. The predicted molar refractivity (Wildman–Crippen MR) is 71.1 cm³/mol. The monoisotopic (exact) mass is 240 g/mol. The average molecular weight is 240 g/mol. The van der Waals surface area contributed by atoms with Crippen molar-refractivity contribution in [1.29, 1.82) is 0 Å². The van der Waals surface area contributed by atoms with Gasteiger partial charge in [0.05, 0.1) is 6.61 Å². The van der Waals surface area contributed by atoms with E-state index in [1.807, 2.05) is 0 Å². The Kier molecular flexibility index (Phi) is 5.26. The Morgan fingerprint density at radius 1 is 1.12 bits per heavy atom. The van der Waals surface area contributed by atoms with Crippen LogP contribution < -0.4 is 5.32 Å². The van der Waals surface area contributed by atoms with Gasteiger partial charge in [-0.1, -0.05) is 19.3 Å². The Morgan fingerprint density at radius 2 is 1.88 bits per heavy atom. The lowest BCUT2D eigenvalue weighted by Crippen LogP contribution is -2.48. The molecule has 2 saturated carbocycles. The van der Waals surface area contributed by atoms with Crippen molar-refractivity contribution in [3.05, 3.63) is 0 Å². The first-order valence-electron chi connectivity index (χ1n) is 7.37. The first-order chi connectivity index (χ1) is 8.35. The molecule has 17 heavy (non-hydrogen) atoms. The van der Waals surface area contributed by atoms with Crippen LogP contribution in [0, 0.1) is 5.92 Å². The lowest BCUT2D eigenvalue weighted by atomic mass is 9.82. The van der Waals surface area contributed by atoms with E-state index < -0.39 is 0 Å². The van der Waals surface area contributed by atoms with Crippen molar-refractivity contribution in [2.45, 2.75) is 57.0 Å². The summed E-state index contributed by atoms with van der Waals surface area (Å²) in [5.74, 6) is 0.792. The third kappa shape index (κ3) is 3.43. The van der Waals surface area contributed by atoms with Crippen LogP contribution >= 0.6 is 0 Å². The van der Waals surface area contributed by atoms with Crippen LogP contribution in [0.4, 0.5) is 0 Å². The highest BCUT2D eigenvalue weighted by Gasteiger charge is 2.30. The molecule has 2 aliphatic carbocycles. The van der Waals surface area contributed by atoms with Gasteiger partial charge >= 0.3 is 0 Å². The number of rotatable bonds is 6. The number of hydrogen-bond acceptors (Lipinski definition) is 3. The highest BCUT2D eigenvalue weighted by Crippen LogP contribution is 2.29. The van der Waals surface area contributed by atoms with E-state index in [0.717, 1.165) is 18.5 Å². The van der Waals surface area contributed by atoms with E-state index in [1.165, 1.54) is 51.5 Å². The summed E-state index contributed by atoms with van der Waals surface area (Å²) in [7, 11) is 2.10. The van der Waals surface area contributed by atoms with Crippen LogP contribution in [0.25, 0.3) is 0 Å². The summed E-state index contributed by atoms with van der Waals surface area (Å²) in [5, 5.41) is 12.7. The Hall–Kier alpha value is -0.120. The van der Waals surface area contributed by atoms with Crippen LogP contribution in [-0.4, -0.2) is 48.8 Å². The average Bonchev–Trinajstić information content (AvgIpc) is 2.28. The van der Waals surface area contributed by atoms with E-state index >= 15 is 0 Å². The van der Waals surface area contributed by atoms with Crippen molar-refractivity contribution in [3.63, 3.8) is 0 Å². The summed E-state index contributed by atoms with van der Waals surface area (Å²) in [4.78, 5) is 2.55. The summed E-state index contributed by atoms with van der Waals surface area (Å²) in [6, 6.07) is 1.46. The van der Waals surface area contributed by atoms with Crippen molar-refractivity contribution in [3.8, 4) is 0 Å². The topological polar surface area (TPSA) is 35.5 Å². The van der Waals surface area contributed by atoms with Gasteiger partial charge in [0.2, 0.25) is 0 Å². The Balaban J connectivity index is 1.86. The van der Waals surface area contributed by atoms with Crippen molar-refractivity contribution in [2.24, 2.45) is 5.92 Å². The molecule has 0 aromatic rings. The Labute approximate surface area is 106 Å². The number of nitrogens with one attached hydrogen (secondary N) is 1. The van der Waals surface area contributed by atoms with Crippen molar-refractivity contribution < 1.29 is 5.11 Å². The van der Waals surface area contributed by atoms with E-state index in [-0.39, 0.29) is 0 Å². The van der Waals surface area contributed by atoms with Crippen LogP contribution in [-0.2, 0) is 0 Å². The summed E-state index contributed by atoms with van der Waals surface area (Å²) < 4.78 is 0. The maximum atomic E-state index is 9.20. The number of aliphatic hydroxyl groups excluding tert-OH is 1. The Morgan fingerprint density at radius 3 is 2.47 bits per heavy atom. The van der Waals surface area contributed by atoms with Crippen molar-refractivity contribution in [1.82, 2.24) is 10.2 Å². The molecule has 0 aliphatic heterocycles. The molecule has 2 fully saturated rings. The molecule has 2 unspecified atom stereocenters. The molecule has 0 aromatic carbocycles. The van der Waals surface area contributed by atoms with Crippen LogP contribution in [0.2, 0.25) is 0 Å². The molecule has 0 bridgehead atoms. The fraction of sp³-hybridized carbons (Fsp3) is 1.00. The minimum Gasteiger partial charge on any atom is -0.395 e. The van der Waals surface area contributed by atoms with Gasteiger partial charge in [0.15, 0.2) is 0 Å². The fourth-order valence-electron chi connectivity index (χ4n) is 3.41. The third-order valence-corrected chi connectivity index (χ3v) is 4.73. The molecule has 2 rings (SSSR count). The molecule has 2 N–H and O–H groups in total. The van der Waals surface area contributed by atoms with E-state index in [4.69, 9.17) is 0 Å². The van der Waals surface area contributed by atoms with Gasteiger partial charge in [0, 0.05) is 25.2 Å². The lowest BCUT2D eigenvalue weighted by Gasteiger charge is -2.42. The van der Waals surface area contributed by atoms with Crippen LogP contribution in [0.5, 0.6) is 0 Å². The number of aliphatic hydroxyl groups is 1. The second kappa shape index (κ2) is 6.72. The van der Waals surface area contributed by atoms with E-state index in [0.29, 0.717) is 12.6 Å². The molecule has 0 aromatic heterocycles. The van der Waals surface area contributed by atoms with Gasteiger partial charge in [-0.05, 0) is 38.6 Å². The van der Waals surface area contributed by atoms with Gasteiger partial charge in [-0.15, -0.1) is 0 Å². The molecule has 0 saturated heterocycles. The van der Waals surface area contributed by atoms with Gasteiger partial charge in [0.1, 0.15) is 0 Å². The predicted octanol–water partition coefficient (Wildman–Crippen LogP) is 1.61. The second-order valence-electron chi connectivity index (χ2n) is 5.74. The lowest BCUT2D eigenvalue weighted by molar-refractivity contribution is 0.0696. The van der Waals surface area contributed by atoms with Crippen LogP contribution in [0.3, 0.4) is 0 Å². The SMILES string of the molecule is CNC1CCCCC1CN(CCO)C1CCC1. The molecule has 2 atom stereocenters. The summed E-state index contributed by atoms with van der Waals surface area (Å²) >= 11 is 0. The molecule has 0 radical (unpaired) electrons. The smallest absolute Gasteiger partial charge is 0.0558 e. The number of nitrogens with zero attached hydrogens (tertiary/aromatic N) is 1. The molecule has 100 valence electrons. The minimum atomic E-state index is 0.313. The van der Waals surface area contributed by atoms with Gasteiger partial charge in [-0.25, -0.2) is 0 Å². The Bertz CT molecular complexity index is 216. The van der Waals surface area contributed by atoms with Gasteiger partial charge in [-0.2, -0.15) is 0 Å². The largest absolute Gasteiger partial charge is 0.395 e. The highest BCUT2D eigenvalue weighted by molar-refractivity contribution is 4.86. The van der Waals surface area contributed by atoms with Crippen molar-refractivity contribution >= 4 is 0 Å². The second-order valence-corrected chi connectivity index (χ2v) is 5.74. The molecule has 3 nitrogen and oxygen atoms in total. The molecule has 2 aliphatic rings. The fourth-order valence-corrected chi connectivity index (χ4v) is 3.41. The van der Waals surface area contributed by atoms with E-state index in [1.54, 1.807) is 0 Å². The zero-order valence-electron chi connectivity index (χ0n) is 11.2. The summed E-state index contributed by atoms with van der Waals surface area (Å²) in [6.07, 6.45) is 9.53.